The molecule has 0 atom stereocenters. The lowest BCUT2D eigenvalue weighted by Crippen LogP contribution is -2.31. The van der Waals surface area contributed by atoms with Crippen molar-refractivity contribution >= 4 is 27.6 Å². The number of hydrogen-bond acceptors (Lipinski definition) is 6. The van der Waals surface area contributed by atoms with Crippen molar-refractivity contribution in [1.82, 2.24) is 4.31 Å². The van der Waals surface area contributed by atoms with E-state index >= 15 is 0 Å². The van der Waals surface area contributed by atoms with Crippen molar-refractivity contribution in [2.24, 2.45) is 0 Å². The fourth-order valence-electron chi connectivity index (χ4n) is 2.71. The van der Waals surface area contributed by atoms with Crippen LogP contribution >= 0.6 is 0 Å². The number of nitrogens with zero attached hydrogens (tertiary/aromatic N) is 1. The molecule has 1 aliphatic rings. The molecule has 1 saturated heterocycles. The van der Waals surface area contributed by atoms with Crippen molar-refractivity contribution in [2.45, 2.75) is 37.5 Å². The smallest absolute Gasteiger partial charge is 0.332 e. The molecule has 1 amide bonds. The van der Waals surface area contributed by atoms with Crippen molar-refractivity contribution in [1.29, 1.82) is 0 Å². The summed E-state index contributed by atoms with van der Waals surface area (Å²) in [6.45, 7) is 2.57. The van der Waals surface area contributed by atoms with Crippen LogP contribution in [0.1, 0.15) is 32.6 Å². The Bertz CT molecular complexity index is 725. The summed E-state index contributed by atoms with van der Waals surface area (Å²) < 4.78 is 36.6. The molecule has 2 rings (SSSR count). The highest BCUT2D eigenvalue weighted by Crippen LogP contribution is 2.21. The molecule has 9 heteroatoms. The minimum Gasteiger partial charge on any atom is -0.454 e. The number of amides is 1. The molecule has 1 heterocycles. The minimum atomic E-state index is -3.52. The fraction of sp³-hybridized carbons (Fsp3) is 0.556. The second-order valence-corrected chi connectivity index (χ2v) is 8.13. The fourth-order valence-corrected chi connectivity index (χ4v) is 4.23. The lowest BCUT2D eigenvalue weighted by molar-refractivity contribution is -0.151. The molecule has 27 heavy (non-hydrogen) atoms. The SMILES string of the molecule is CCOCC(=O)OCC(=O)Nc1ccc(S(=O)(=O)N2CCCCCC2)cc1. The minimum absolute atomic E-state index is 0.200. The molecule has 150 valence electrons. The Kier molecular flexibility index (Phi) is 8.21. The third-order valence-electron chi connectivity index (χ3n) is 4.13. The molecule has 0 radical (unpaired) electrons. The van der Waals surface area contributed by atoms with Gasteiger partial charge in [0.1, 0.15) is 6.61 Å². The molecule has 1 aromatic rings. The Morgan fingerprint density at radius 3 is 2.26 bits per heavy atom. The first-order valence-corrected chi connectivity index (χ1v) is 10.5. The van der Waals surface area contributed by atoms with Crippen LogP contribution in [0.4, 0.5) is 5.69 Å². The van der Waals surface area contributed by atoms with E-state index in [0.717, 1.165) is 25.7 Å². The lowest BCUT2D eigenvalue weighted by Gasteiger charge is -2.20. The number of carbonyl (C=O) groups is 2. The molecule has 0 spiro atoms. The lowest BCUT2D eigenvalue weighted by atomic mass is 10.2. The molecule has 0 aliphatic carbocycles. The van der Waals surface area contributed by atoms with E-state index in [-0.39, 0.29) is 11.5 Å². The topological polar surface area (TPSA) is 102 Å². The van der Waals surface area contributed by atoms with Crippen LogP contribution < -0.4 is 5.32 Å². The molecule has 1 aromatic carbocycles. The number of anilines is 1. The van der Waals surface area contributed by atoms with Gasteiger partial charge in [0.2, 0.25) is 10.0 Å². The average molecular weight is 398 g/mol. The van der Waals surface area contributed by atoms with E-state index in [9.17, 15) is 18.0 Å². The summed E-state index contributed by atoms with van der Waals surface area (Å²) in [6, 6.07) is 5.98. The van der Waals surface area contributed by atoms with Crippen molar-refractivity contribution < 1.29 is 27.5 Å². The first-order valence-electron chi connectivity index (χ1n) is 9.07. The second kappa shape index (κ2) is 10.4. The highest BCUT2D eigenvalue weighted by molar-refractivity contribution is 7.89. The summed E-state index contributed by atoms with van der Waals surface area (Å²) in [4.78, 5) is 23.3. The van der Waals surface area contributed by atoms with Crippen molar-refractivity contribution in [3.05, 3.63) is 24.3 Å². The van der Waals surface area contributed by atoms with Gasteiger partial charge in [0, 0.05) is 25.4 Å². The maximum absolute atomic E-state index is 12.7. The van der Waals surface area contributed by atoms with Gasteiger partial charge in [-0.2, -0.15) is 4.31 Å². The van der Waals surface area contributed by atoms with Crippen LogP contribution in [0.5, 0.6) is 0 Å². The van der Waals surface area contributed by atoms with Gasteiger partial charge >= 0.3 is 5.97 Å². The maximum Gasteiger partial charge on any atom is 0.332 e. The van der Waals surface area contributed by atoms with Crippen molar-refractivity contribution in [2.75, 3.05) is 38.2 Å². The predicted octanol–water partition coefficient (Wildman–Crippen LogP) is 1.77. The van der Waals surface area contributed by atoms with Crippen LogP contribution in [0.15, 0.2) is 29.2 Å². The molecular formula is C18H26N2O6S. The molecule has 0 bridgehead atoms. The second-order valence-electron chi connectivity index (χ2n) is 6.19. The first-order chi connectivity index (χ1) is 12.9. The monoisotopic (exact) mass is 398 g/mol. The van der Waals surface area contributed by atoms with Gasteiger partial charge in [0.25, 0.3) is 5.91 Å². The van der Waals surface area contributed by atoms with Gasteiger partial charge in [-0.3, -0.25) is 4.79 Å². The van der Waals surface area contributed by atoms with Crippen molar-refractivity contribution in [3.8, 4) is 0 Å². The third kappa shape index (κ3) is 6.60. The van der Waals surface area contributed by atoms with E-state index < -0.39 is 28.5 Å². The van der Waals surface area contributed by atoms with Crippen molar-refractivity contribution in [3.63, 3.8) is 0 Å². The van der Waals surface area contributed by atoms with Gasteiger partial charge in [-0.05, 0) is 44.0 Å². The normalized spacial score (nSPS) is 15.7. The number of carbonyl (C=O) groups excluding carboxylic acids is 2. The van der Waals surface area contributed by atoms with Gasteiger partial charge in [0.05, 0.1) is 4.90 Å². The number of sulfonamides is 1. The van der Waals surface area contributed by atoms with Gasteiger partial charge in [0.15, 0.2) is 6.61 Å². The number of rotatable bonds is 8. The molecule has 0 aromatic heterocycles. The number of ether oxygens (including phenoxy) is 2. The van der Waals surface area contributed by atoms with Gasteiger partial charge in [-0.15, -0.1) is 0 Å². The van der Waals surface area contributed by atoms with E-state index in [1.165, 1.54) is 28.6 Å². The van der Waals surface area contributed by atoms with Crippen LogP contribution in [0.2, 0.25) is 0 Å². The molecule has 1 fully saturated rings. The van der Waals surface area contributed by atoms with Crippen LogP contribution in [0.25, 0.3) is 0 Å². The Hall–Kier alpha value is -1.97. The van der Waals surface area contributed by atoms with Gasteiger partial charge < -0.3 is 14.8 Å². The molecule has 0 saturated carbocycles. The first kappa shape index (κ1) is 21.3. The summed E-state index contributed by atoms with van der Waals surface area (Å²) >= 11 is 0. The highest BCUT2D eigenvalue weighted by Gasteiger charge is 2.25. The van der Waals surface area contributed by atoms with Crippen LogP contribution in [0, 0.1) is 0 Å². The summed E-state index contributed by atoms with van der Waals surface area (Å²) in [5, 5.41) is 2.56. The Morgan fingerprint density at radius 1 is 1.04 bits per heavy atom. The van der Waals surface area contributed by atoms with Gasteiger partial charge in [-0.25, -0.2) is 13.2 Å². The zero-order chi connectivity index (χ0) is 19.7. The predicted molar refractivity (Wildman–Crippen MR) is 99.8 cm³/mol. The summed E-state index contributed by atoms with van der Waals surface area (Å²) in [5.74, 6) is -1.13. The number of hydrogen-bond donors (Lipinski definition) is 1. The molecule has 1 N–H and O–H groups in total. The van der Waals surface area contributed by atoms with E-state index in [1.54, 1.807) is 6.92 Å². The summed E-state index contributed by atoms with van der Waals surface area (Å²) in [5.41, 5.74) is 0.427. The average Bonchev–Trinajstić information content (AvgIpc) is 2.95. The number of nitrogens with one attached hydrogen (secondary N) is 1. The van der Waals surface area contributed by atoms with E-state index in [0.29, 0.717) is 25.4 Å². The molecule has 1 aliphatic heterocycles. The standard InChI is InChI=1S/C18H26N2O6S/c1-2-25-14-18(22)26-13-17(21)19-15-7-9-16(10-8-15)27(23,24)20-11-5-3-4-6-12-20/h7-10H,2-6,11-14H2,1H3,(H,19,21). The Balaban J connectivity index is 1.90. The largest absolute Gasteiger partial charge is 0.454 e. The summed E-state index contributed by atoms with van der Waals surface area (Å²) in [6.07, 6.45) is 3.84. The van der Waals surface area contributed by atoms with Crippen LogP contribution in [0.3, 0.4) is 0 Å². The molecule has 0 unspecified atom stereocenters. The van der Waals surface area contributed by atoms with Crippen LogP contribution in [-0.2, 0) is 29.1 Å². The zero-order valence-corrected chi connectivity index (χ0v) is 16.3. The maximum atomic E-state index is 12.7. The van der Waals surface area contributed by atoms with Gasteiger partial charge in [-0.1, -0.05) is 12.8 Å². The quantitative estimate of drug-likeness (QED) is 0.670. The summed E-state index contributed by atoms with van der Waals surface area (Å²) in [7, 11) is -3.52. The number of esters is 1. The molecular weight excluding hydrogens is 372 g/mol. The number of benzene rings is 1. The molecule has 8 nitrogen and oxygen atoms in total. The zero-order valence-electron chi connectivity index (χ0n) is 15.5. The Morgan fingerprint density at radius 2 is 1.67 bits per heavy atom. The van der Waals surface area contributed by atoms with E-state index in [4.69, 9.17) is 9.47 Å². The highest BCUT2D eigenvalue weighted by atomic mass is 32.2. The van der Waals surface area contributed by atoms with E-state index in [1.807, 2.05) is 0 Å². The third-order valence-corrected chi connectivity index (χ3v) is 6.04. The van der Waals surface area contributed by atoms with E-state index in [2.05, 4.69) is 5.32 Å². The van der Waals surface area contributed by atoms with Crippen LogP contribution in [-0.4, -0.2) is 57.5 Å². The Labute approximate surface area is 159 Å².